The van der Waals surface area contributed by atoms with Gasteiger partial charge in [0, 0.05) is 20.0 Å². The van der Waals surface area contributed by atoms with Gasteiger partial charge in [0.1, 0.15) is 12.2 Å². The predicted octanol–water partition coefficient (Wildman–Crippen LogP) is 0.847. The molecule has 24 heavy (non-hydrogen) atoms. The lowest BCUT2D eigenvalue weighted by atomic mass is 10.2. The number of aliphatic carboxylic acids is 1. The highest BCUT2D eigenvalue weighted by molar-refractivity contribution is 6.32. The van der Waals surface area contributed by atoms with E-state index in [0.29, 0.717) is 6.54 Å². The van der Waals surface area contributed by atoms with Gasteiger partial charge >= 0.3 is 18.0 Å². The average molecular weight is 347 g/mol. The molecular formula is C15H25NO8. The number of Topliss-reactive ketones (excluding diaryl/α,β-unsaturated/α-hetero) is 1. The van der Waals surface area contributed by atoms with Crippen molar-refractivity contribution in [3.8, 4) is 0 Å². The first-order valence-corrected chi connectivity index (χ1v) is 7.46. The van der Waals surface area contributed by atoms with Gasteiger partial charge in [-0.25, -0.2) is 9.59 Å². The smallest absolute Gasteiger partial charge is 0.410 e. The van der Waals surface area contributed by atoms with Crippen LogP contribution in [0.15, 0.2) is 0 Å². The number of esters is 1. The zero-order chi connectivity index (χ0) is 18.8. The van der Waals surface area contributed by atoms with Gasteiger partial charge in [0.25, 0.3) is 0 Å². The highest BCUT2D eigenvalue weighted by Gasteiger charge is 2.19. The van der Waals surface area contributed by atoms with Crippen LogP contribution in [0.2, 0.25) is 0 Å². The van der Waals surface area contributed by atoms with Crippen LogP contribution < -0.4 is 0 Å². The van der Waals surface area contributed by atoms with Gasteiger partial charge in [0.2, 0.25) is 5.78 Å². The van der Waals surface area contributed by atoms with Crippen molar-refractivity contribution in [2.45, 2.75) is 39.2 Å². The molecule has 0 bridgehead atoms. The minimum atomic E-state index is -1.57. The SMILES string of the molecule is CN(CCOCCOC(=O)CCC(=O)C(=O)O)C(=O)OC(C)(C)C. The van der Waals surface area contributed by atoms with Crippen LogP contribution in [0, 0.1) is 0 Å². The molecule has 0 aromatic carbocycles. The molecule has 138 valence electrons. The third-order valence-electron chi connectivity index (χ3n) is 2.56. The number of hydrogen-bond donors (Lipinski definition) is 1. The second-order valence-electron chi connectivity index (χ2n) is 5.96. The molecule has 0 aliphatic carbocycles. The lowest BCUT2D eigenvalue weighted by Crippen LogP contribution is -2.36. The van der Waals surface area contributed by atoms with E-state index in [0.717, 1.165) is 0 Å². The van der Waals surface area contributed by atoms with Crippen molar-refractivity contribution in [1.29, 1.82) is 0 Å². The van der Waals surface area contributed by atoms with E-state index in [1.54, 1.807) is 27.8 Å². The molecule has 9 heteroatoms. The van der Waals surface area contributed by atoms with Gasteiger partial charge in [-0.3, -0.25) is 9.59 Å². The number of rotatable bonds is 10. The van der Waals surface area contributed by atoms with E-state index in [1.165, 1.54) is 4.90 Å². The van der Waals surface area contributed by atoms with Crippen LogP contribution in [0.1, 0.15) is 33.6 Å². The van der Waals surface area contributed by atoms with Crippen molar-refractivity contribution in [1.82, 2.24) is 4.90 Å². The van der Waals surface area contributed by atoms with Crippen LogP contribution in [0.5, 0.6) is 0 Å². The summed E-state index contributed by atoms with van der Waals surface area (Å²) in [5, 5.41) is 8.36. The lowest BCUT2D eigenvalue weighted by Gasteiger charge is -2.24. The van der Waals surface area contributed by atoms with E-state index in [-0.39, 0.29) is 26.2 Å². The summed E-state index contributed by atoms with van der Waals surface area (Å²) >= 11 is 0. The van der Waals surface area contributed by atoms with E-state index in [4.69, 9.17) is 19.3 Å². The fraction of sp³-hybridized carbons (Fsp3) is 0.733. The van der Waals surface area contributed by atoms with Gasteiger partial charge in [-0.05, 0) is 20.8 Å². The maximum absolute atomic E-state index is 11.7. The maximum atomic E-state index is 11.7. The Balaban J connectivity index is 3.69. The Morgan fingerprint density at radius 1 is 1.00 bits per heavy atom. The van der Waals surface area contributed by atoms with Crippen LogP contribution in [-0.2, 0) is 28.6 Å². The zero-order valence-corrected chi connectivity index (χ0v) is 14.5. The topological polar surface area (TPSA) is 119 Å². The average Bonchev–Trinajstić information content (AvgIpc) is 2.45. The van der Waals surface area contributed by atoms with E-state index in [9.17, 15) is 19.2 Å². The second kappa shape index (κ2) is 10.6. The van der Waals surface area contributed by atoms with Gasteiger partial charge in [0.15, 0.2) is 0 Å². The molecule has 0 aromatic rings. The summed E-state index contributed by atoms with van der Waals surface area (Å²) in [6.07, 6.45) is -1.14. The highest BCUT2D eigenvalue weighted by Crippen LogP contribution is 2.08. The van der Waals surface area contributed by atoms with Crippen molar-refractivity contribution in [2.75, 3.05) is 33.4 Å². The number of amides is 1. The lowest BCUT2D eigenvalue weighted by molar-refractivity contribution is -0.151. The highest BCUT2D eigenvalue weighted by atomic mass is 16.6. The van der Waals surface area contributed by atoms with Crippen molar-refractivity contribution >= 4 is 23.8 Å². The van der Waals surface area contributed by atoms with Gasteiger partial charge in [-0.15, -0.1) is 0 Å². The molecule has 0 radical (unpaired) electrons. The first-order valence-electron chi connectivity index (χ1n) is 7.46. The number of ketones is 1. The van der Waals surface area contributed by atoms with Crippen molar-refractivity contribution in [3.63, 3.8) is 0 Å². The van der Waals surface area contributed by atoms with E-state index < -0.39 is 35.8 Å². The number of carbonyl (C=O) groups is 4. The third kappa shape index (κ3) is 11.4. The number of likely N-dealkylation sites (N-methyl/N-ethyl adjacent to an activating group) is 1. The van der Waals surface area contributed by atoms with Gasteiger partial charge in [0.05, 0.1) is 19.6 Å². The second-order valence-corrected chi connectivity index (χ2v) is 5.96. The summed E-state index contributed by atoms with van der Waals surface area (Å²) in [6.45, 7) is 5.98. The summed E-state index contributed by atoms with van der Waals surface area (Å²) in [4.78, 5) is 45.3. The number of carbonyl (C=O) groups excluding carboxylic acids is 3. The quantitative estimate of drug-likeness (QED) is 0.351. The fourth-order valence-corrected chi connectivity index (χ4v) is 1.34. The minimum Gasteiger partial charge on any atom is -0.476 e. The van der Waals surface area contributed by atoms with E-state index in [1.807, 2.05) is 0 Å². The molecule has 9 nitrogen and oxygen atoms in total. The van der Waals surface area contributed by atoms with Gasteiger partial charge in [-0.1, -0.05) is 0 Å². The summed E-state index contributed by atoms with van der Waals surface area (Å²) in [7, 11) is 1.58. The number of hydrogen-bond acceptors (Lipinski definition) is 7. The number of ether oxygens (including phenoxy) is 3. The molecule has 0 aliphatic rings. The number of carboxylic acid groups (broad SMARTS) is 1. The summed E-state index contributed by atoms with van der Waals surface area (Å²) < 4.78 is 15.2. The Morgan fingerprint density at radius 2 is 1.62 bits per heavy atom. The van der Waals surface area contributed by atoms with Crippen molar-refractivity contribution in [2.24, 2.45) is 0 Å². The molecule has 1 N–H and O–H groups in total. The molecule has 0 atom stereocenters. The molecule has 0 rings (SSSR count). The van der Waals surface area contributed by atoms with Crippen molar-refractivity contribution < 1.29 is 38.5 Å². The molecule has 0 saturated heterocycles. The molecular weight excluding hydrogens is 322 g/mol. The first-order chi connectivity index (χ1) is 11.0. The molecule has 0 fully saturated rings. The minimum absolute atomic E-state index is 0.0176. The maximum Gasteiger partial charge on any atom is 0.410 e. The predicted molar refractivity (Wildman–Crippen MR) is 82.5 cm³/mol. The number of carboxylic acids is 1. The van der Waals surface area contributed by atoms with Crippen molar-refractivity contribution in [3.05, 3.63) is 0 Å². The summed E-state index contributed by atoms with van der Waals surface area (Å²) in [5.74, 6) is -3.27. The van der Waals surface area contributed by atoms with Gasteiger partial charge in [-0.2, -0.15) is 0 Å². The molecule has 0 heterocycles. The molecule has 0 saturated carbocycles. The van der Waals surface area contributed by atoms with E-state index >= 15 is 0 Å². The Labute approximate surface area is 140 Å². The first kappa shape index (κ1) is 21.8. The standard InChI is InChI=1S/C15H25NO8/c1-15(2,3)24-14(21)16(4)7-8-22-9-10-23-12(18)6-5-11(17)13(19)20/h5-10H2,1-4H3,(H,19,20). The number of nitrogens with zero attached hydrogens (tertiary/aromatic N) is 1. The molecule has 0 spiro atoms. The van der Waals surface area contributed by atoms with Gasteiger partial charge < -0.3 is 24.2 Å². The van der Waals surface area contributed by atoms with Crippen LogP contribution in [0.25, 0.3) is 0 Å². The third-order valence-corrected chi connectivity index (χ3v) is 2.56. The van der Waals surface area contributed by atoms with Crippen LogP contribution in [0.3, 0.4) is 0 Å². The van der Waals surface area contributed by atoms with E-state index in [2.05, 4.69) is 0 Å². The molecule has 0 aromatic heterocycles. The van der Waals surface area contributed by atoms with Crippen LogP contribution >= 0.6 is 0 Å². The monoisotopic (exact) mass is 347 g/mol. The summed E-state index contributed by atoms with van der Waals surface area (Å²) in [6, 6.07) is 0. The zero-order valence-electron chi connectivity index (χ0n) is 14.5. The summed E-state index contributed by atoms with van der Waals surface area (Å²) in [5.41, 5.74) is -0.567. The Hall–Kier alpha value is -2.16. The van der Waals surface area contributed by atoms with Crippen LogP contribution in [0.4, 0.5) is 4.79 Å². The molecule has 0 aliphatic heterocycles. The van der Waals surface area contributed by atoms with Crippen LogP contribution in [-0.4, -0.2) is 72.8 Å². The Morgan fingerprint density at radius 3 is 2.17 bits per heavy atom. The largest absolute Gasteiger partial charge is 0.476 e. The molecule has 0 unspecified atom stereocenters. The Kier molecular flexibility index (Phi) is 9.63. The molecule has 1 amide bonds. The normalized spacial score (nSPS) is 10.8. The Bertz CT molecular complexity index is 455. The fourth-order valence-electron chi connectivity index (χ4n) is 1.34.